The molecule has 3 heteroatoms. The van der Waals surface area contributed by atoms with Gasteiger partial charge in [0.05, 0.1) is 11.7 Å². The molecule has 1 unspecified atom stereocenters. The highest BCUT2D eigenvalue weighted by atomic mass is 19.1. The van der Waals surface area contributed by atoms with E-state index in [0.717, 1.165) is 49.3 Å². The third-order valence-electron chi connectivity index (χ3n) is 5.46. The molecule has 2 aliphatic heterocycles. The van der Waals surface area contributed by atoms with E-state index in [4.69, 9.17) is 4.99 Å². The van der Waals surface area contributed by atoms with Gasteiger partial charge in [-0.25, -0.2) is 9.38 Å². The molecule has 0 saturated carbocycles. The van der Waals surface area contributed by atoms with Crippen molar-refractivity contribution in [2.24, 2.45) is 4.99 Å². The standard InChI is InChI=1S/C22H25FN2/c1-2-3-4-9-22-24-20-15-18(23)11-10-17(20)14-21-19-8-6-5-7-16(19)12-13-25(21)22/h5-8,10-11,15,21H,2-4,9,12-14H2,1H3. The SMILES string of the molecule is CCCCCC1=Nc2cc(F)ccc2CC2c3ccccc3CCN12. The van der Waals surface area contributed by atoms with Gasteiger partial charge >= 0.3 is 0 Å². The Balaban J connectivity index is 1.76. The van der Waals surface area contributed by atoms with E-state index in [1.807, 2.05) is 6.07 Å². The molecule has 4 rings (SSSR count). The molecule has 0 saturated heterocycles. The van der Waals surface area contributed by atoms with Crippen LogP contribution < -0.4 is 0 Å². The number of unbranched alkanes of at least 4 members (excludes halogenated alkanes) is 2. The first-order valence-corrected chi connectivity index (χ1v) is 9.46. The number of benzene rings is 2. The molecular formula is C22H25FN2. The van der Waals surface area contributed by atoms with Crippen LogP contribution in [0.25, 0.3) is 0 Å². The van der Waals surface area contributed by atoms with Crippen LogP contribution in [0, 0.1) is 5.82 Å². The summed E-state index contributed by atoms with van der Waals surface area (Å²) in [5.74, 6) is 0.938. The Morgan fingerprint density at radius 3 is 2.88 bits per heavy atom. The number of amidine groups is 1. The Hall–Kier alpha value is -2.16. The molecule has 0 aliphatic carbocycles. The van der Waals surface area contributed by atoms with Crippen LogP contribution in [-0.4, -0.2) is 17.3 Å². The second kappa shape index (κ2) is 6.99. The first-order valence-electron chi connectivity index (χ1n) is 9.46. The minimum absolute atomic E-state index is 0.198. The lowest BCUT2D eigenvalue weighted by molar-refractivity contribution is 0.293. The smallest absolute Gasteiger partial charge is 0.125 e. The van der Waals surface area contributed by atoms with Gasteiger partial charge in [0.15, 0.2) is 0 Å². The van der Waals surface area contributed by atoms with Gasteiger partial charge in [-0.2, -0.15) is 0 Å². The molecule has 2 aromatic rings. The molecule has 130 valence electrons. The van der Waals surface area contributed by atoms with Crippen molar-refractivity contribution < 1.29 is 4.39 Å². The van der Waals surface area contributed by atoms with Gasteiger partial charge < -0.3 is 4.90 Å². The fourth-order valence-electron chi connectivity index (χ4n) is 4.14. The van der Waals surface area contributed by atoms with E-state index in [1.165, 1.54) is 24.0 Å². The Morgan fingerprint density at radius 1 is 1.12 bits per heavy atom. The van der Waals surface area contributed by atoms with Crippen molar-refractivity contribution in [2.75, 3.05) is 6.54 Å². The molecule has 2 aromatic carbocycles. The second-order valence-corrected chi connectivity index (χ2v) is 7.12. The van der Waals surface area contributed by atoms with Gasteiger partial charge in [0.25, 0.3) is 0 Å². The van der Waals surface area contributed by atoms with Gasteiger partial charge in [-0.1, -0.05) is 50.1 Å². The normalized spacial score (nSPS) is 18.7. The molecule has 1 atom stereocenters. The van der Waals surface area contributed by atoms with Crippen LogP contribution in [0.1, 0.15) is 55.3 Å². The van der Waals surface area contributed by atoms with Gasteiger partial charge in [-0.05, 0) is 48.1 Å². The fraction of sp³-hybridized carbons (Fsp3) is 0.409. The summed E-state index contributed by atoms with van der Waals surface area (Å²) in [5, 5.41) is 0. The van der Waals surface area contributed by atoms with E-state index in [0.29, 0.717) is 6.04 Å². The molecule has 0 fully saturated rings. The van der Waals surface area contributed by atoms with E-state index in [2.05, 4.69) is 36.1 Å². The van der Waals surface area contributed by atoms with Gasteiger partial charge in [-0.3, -0.25) is 0 Å². The minimum Gasteiger partial charge on any atom is -0.352 e. The number of halogens is 1. The Labute approximate surface area is 149 Å². The lowest BCUT2D eigenvalue weighted by atomic mass is 9.88. The predicted molar refractivity (Wildman–Crippen MR) is 101 cm³/mol. The monoisotopic (exact) mass is 336 g/mol. The lowest BCUT2D eigenvalue weighted by Crippen LogP contribution is -2.40. The summed E-state index contributed by atoms with van der Waals surface area (Å²) in [7, 11) is 0. The quantitative estimate of drug-likeness (QED) is 0.664. The summed E-state index contributed by atoms with van der Waals surface area (Å²) in [5.41, 5.74) is 4.83. The summed E-state index contributed by atoms with van der Waals surface area (Å²) in [6.07, 6.45) is 6.49. The topological polar surface area (TPSA) is 15.6 Å². The van der Waals surface area contributed by atoms with Crippen molar-refractivity contribution in [1.82, 2.24) is 4.90 Å². The van der Waals surface area contributed by atoms with E-state index in [9.17, 15) is 4.39 Å². The lowest BCUT2D eigenvalue weighted by Gasteiger charge is -2.38. The number of aliphatic imine (C=N–C) groups is 1. The van der Waals surface area contributed by atoms with Crippen LogP contribution in [0.2, 0.25) is 0 Å². The second-order valence-electron chi connectivity index (χ2n) is 7.12. The molecule has 0 radical (unpaired) electrons. The van der Waals surface area contributed by atoms with Crippen molar-refractivity contribution in [2.45, 2.75) is 51.5 Å². The predicted octanol–water partition coefficient (Wildman–Crippen LogP) is 5.59. The zero-order chi connectivity index (χ0) is 17.2. The van der Waals surface area contributed by atoms with Crippen LogP contribution in [0.3, 0.4) is 0 Å². The van der Waals surface area contributed by atoms with Crippen molar-refractivity contribution in [3.8, 4) is 0 Å². The van der Waals surface area contributed by atoms with Crippen LogP contribution in [-0.2, 0) is 12.8 Å². The van der Waals surface area contributed by atoms with Crippen LogP contribution in [0.5, 0.6) is 0 Å². The highest BCUT2D eigenvalue weighted by Crippen LogP contribution is 2.38. The summed E-state index contributed by atoms with van der Waals surface area (Å²) in [6.45, 7) is 3.22. The Morgan fingerprint density at radius 2 is 2.00 bits per heavy atom. The highest BCUT2D eigenvalue weighted by molar-refractivity contribution is 5.87. The van der Waals surface area contributed by atoms with E-state index in [1.54, 1.807) is 12.1 Å². The number of hydrogen-bond acceptors (Lipinski definition) is 2. The Bertz CT molecular complexity index is 796. The van der Waals surface area contributed by atoms with E-state index < -0.39 is 0 Å². The van der Waals surface area contributed by atoms with Crippen molar-refractivity contribution in [3.05, 3.63) is 65.0 Å². The molecule has 2 nitrogen and oxygen atoms in total. The van der Waals surface area contributed by atoms with Crippen LogP contribution in [0.15, 0.2) is 47.5 Å². The van der Waals surface area contributed by atoms with Gasteiger partial charge in [0, 0.05) is 13.0 Å². The summed E-state index contributed by atoms with van der Waals surface area (Å²) in [4.78, 5) is 7.41. The van der Waals surface area contributed by atoms with Crippen molar-refractivity contribution in [1.29, 1.82) is 0 Å². The van der Waals surface area contributed by atoms with Gasteiger partial charge in [-0.15, -0.1) is 0 Å². The third kappa shape index (κ3) is 3.20. The maximum absolute atomic E-state index is 13.8. The average molecular weight is 336 g/mol. The van der Waals surface area contributed by atoms with Gasteiger partial charge in [0.2, 0.25) is 0 Å². The molecule has 2 aliphatic rings. The largest absolute Gasteiger partial charge is 0.352 e. The van der Waals surface area contributed by atoms with Gasteiger partial charge in [0.1, 0.15) is 11.7 Å². The number of nitrogens with zero attached hydrogens (tertiary/aromatic N) is 2. The first-order chi connectivity index (χ1) is 12.3. The molecule has 0 spiro atoms. The van der Waals surface area contributed by atoms with Crippen molar-refractivity contribution in [3.63, 3.8) is 0 Å². The zero-order valence-corrected chi connectivity index (χ0v) is 14.8. The fourth-order valence-corrected chi connectivity index (χ4v) is 4.14. The summed E-state index contributed by atoms with van der Waals surface area (Å²) in [6, 6.07) is 14.2. The third-order valence-corrected chi connectivity index (χ3v) is 5.46. The maximum Gasteiger partial charge on any atom is 0.125 e. The molecule has 0 aromatic heterocycles. The van der Waals surface area contributed by atoms with Crippen LogP contribution >= 0.6 is 0 Å². The number of hydrogen-bond donors (Lipinski definition) is 0. The highest BCUT2D eigenvalue weighted by Gasteiger charge is 2.32. The Kier molecular flexibility index (Phi) is 4.56. The average Bonchev–Trinajstić information content (AvgIpc) is 2.78. The van der Waals surface area contributed by atoms with Crippen LogP contribution in [0.4, 0.5) is 10.1 Å². The minimum atomic E-state index is -0.198. The molecule has 25 heavy (non-hydrogen) atoms. The number of rotatable bonds is 4. The van der Waals surface area contributed by atoms with E-state index >= 15 is 0 Å². The maximum atomic E-state index is 13.8. The molecular weight excluding hydrogens is 311 g/mol. The first kappa shape index (κ1) is 16.3. The molecule has 0 amide bonds. The summed E-state index contributed by atoms with van der Waals surface area (Å²) >= 11 is 0. The van der Waals surface area contributed by atoms with E-state index in [-0.39, 0.29) is 5.82 Å². The number of fused-ring (bicyclic) bond motifs is 4. The molecule has 0 bridgehead atoms. The molecule has 2 heterocycles. The zero-order valence-electron chi connectivity index (χ0n) is 14.8. The van der Waals surface area contributed by atoms with Crippen molar-refractivity contribution >= 4 is 11.5 Å². The summed E-state index contributed by atoms with van der Waals surface area (Å²) < 4.78 is 13.8. The molecule has 0 N–H and O–H groups in total.